The molecule has 3 heterocycles. The van der Waals surface area contributed by atoms with Crippen molar-refractivity contribution in [1.82, 2.24) is 20.5 Å². The molecule has 0 radical (unpaired) electrons. The Bertz CT molecular complexity index is 603. The van der Waals surface area contributed by atoms with E-state index in [1.54, 1.807) is 0 Å². The summed E-state index contributed by atoms with van der Waals surface area (Å²) in [6.07, 6.45) is 6.24. The van der Waals surface area contributed by atoms with Gasteiger partial charge >= 0.3 is 0 Å². The molecule has 0 atom stereocenters. The van der Waals surface area contributed by atoms with Crippen LogP contribution in [-0.2, 0) is 6.54 Å². The van der Waals surface area contributed by atoms with Gasteiger partial charge in [0.25, 0.3) is 0 Å². The predicted molar refractivity (Wildman–Crippen MR) is 85.7 cm³/mol. The van der Waals surface area contributed by atoms with Crippen LogP contribution >= 0.6 is 0 Å². The maximum absolute atomic E-state index is 4.37. The Kier molecular flexibility index (Phi) is 3.72. The first kappa shape index (κ1) is 13.6. The summed E-state index contributed by atoms with van der Waals surface area (Å²) in [6.45, 7) is 4.10. The Morgan fingerprint density at radius 1 is 1.05 bits per heavy atom. The van der Waals surface area contributed by atoms with Gasteiger partial charge in [0.15, 0.2) is 5.82 Å². The molecule has 5 heteroatoms. The van der Waals surface area contributed by atoms with E-state index < -0.39 is 0 Å². The van der Waals surface area contributed by atoms with Crippen molar-refractivity contribution in [3.05, 3.63) is 47.9 Å². The van der Waals surface area contributed by atoms with E-state index in [0.29, 0.717) is 11.8 Å². The number of hydrogen-bond acceptors (Lipinski definition) is 5. The molecule has 1 N–H and O–H groups in total. The summed E-state index contributed by atoms with van der Waals surface area (Å²) in [6, 6.07) is 8.38. The zero-order valence-electron chi connectivity index (χ0n) is 12.7. The lowest BCUT2D eigenvalue weighted by Crippen LogP contribution is -2.51. The molecule has 2 fully saturated rings. The molecular weight excluding hydrogens is 274 g/mol. The predicted octanol–water partition coefficient (Wildman–Crippen LogP) is 1.98. The van der Waals surface area contributed by atoms with Gasteiger partial charge < -0.3 is 10.2 Å². The summed E-state index contributed by atoms with van der Waals surface area (Å²) in [5.74, 6) is 2.41. The number of anilines is 1. The van der Waals surface area contributed by atoms with Crippen molar-refractivity contribution in [2.75, 3.05) is 24.5 Å². The minimum Gasteiger partial charge on any atom is -0.354 e. The van der Waals surface area contributed by atoms with Crippen LogP contribution in [0.3, 0.4) is 0 Å². The second kappa shape index (κ2) is 6.01. The van der Waals surface area contributed by atoms with Gasteiger partial charge in [0.1, 0.15) is 0 Å². The number of hydrogen-bond donors (Lipinski definition) is 1. The standard InChI is InChI=1S/C17H21N5/c1-2-15(1)16-3-4-17(21-20-16)22-11-14(12-22)10-19-9-13-5-7-18-8-6-13/h3-8,14-15,19H,1-2,9-12H2. The van der Waals surface area contributed by atoms with E-state index in [-0.39, 0.29) is 0 Å². The van der Waals surface area contributed by atoms with Crippen LogP contribution in [0.5, 0.6) is 0 Å². The van der Waals surface area contributed by atoms with Gasteiger partial charge in [-0.15, -0.1) is 5.10 Å². The number of aromatic nitrogens is 3. The van der Waals surface area contributed by atoms with Crippen LogP contribution in [0.1, 0.15) is 30.0 Å². The quantitative estimate of drug-likeness (QED) is 0.883. The van der Waals surface area contributed by atoms with Crippen molar-refractivity contribution in [3.8, 4) is 0 Å². The highest BCUT2D eigenvalue weighted by molar-refractivity contribution is 5.41. The Balaban J connectivity index is 1.20. The fraction of sp³-hybridized carbons (Fsp3) is 0.471. The molecule has 0 spiro atoms. The summed E-state index contributed by atoms with van der Waals surface area (Å²) in [5, 5.41) is 12.2. The zero-order valence-corrected chi connectivity index (χ0v) is 12.7. The van der Waals surface area contributed by atoms with Crippen LogP contribution in [0.2, 0.25) is 0 Å². The molecule has 0 unspecified atom stereocenters. The van der Waals surface area contributed by atoms with Gasteiger partial charge in [-0.2, -0.15) is 5.10 Å². The topological polar surface area (TPSA) is 53.9 Å². The Morgan fingerprint density at radius 2 is 1.86 bits per heavy atom. The number of nitrogens with zero attached hydrogens (tertiary/aromatic N) is 4. The average Bonchev–Trinajstić information content (AvgIpc) is 3.36. The number of nitrogens with one attached hydrogen (secondary N) is 1. The SMILES string of the molecule is c1cc(CNCC2CN(c3ccc(C4CC4)nn3)C2)ccn1. The zero-order chi connectivity index (χ0) is 14.8. The first-order valence-corrected chi connectivity index (χ1v) is 8.06. The first-order chi connectivity index (χ1) is 10.9. The van der Waals surface area contributed by atoms with Crippen molar-refractivity contribution in [2.24, 2.45) is 5.92 Å². The van der Waals surface area contributed by atoms with Gasteiger partial charge in [0.05, 0.1) is 5.69 Å². The smallest absolute Gasteiger partial charge is 0.151 e. The molecule has 1 saturated heterocycles. The minimum absolute atomic E-state index is 0.683. The summed E-state index contributed by atoms with van der Waals surface area (Å²) < 4.78 is 0. The van der Waals surface area contributed by atoms with Crippen LogP contribution in [0.4, 0.5) is 5.82 Å². The van der Waals surface area contributed by atoms with Crippen LogP contribution in [0.25, 0.3) is 0 Å². The van der Waals surface area contributed by atoms with Crippen molar-refractivity contribution in [1.29, 1.82) is 0 Å². The highest BCUT2D eigenvalue weighted by Gasteiger charge is 2.29. The Morgan fingerprint density at radius 3 is 2.55 bits per heavy atom. The third kappa shape index (κ3) is 3.09. The molecule has 1 aliphatic carbocycles. The maximum Gasteiger partial charge on any atom is 0.151 e. The molecule has 1 saturated carbocycles. The lowest BCUT2D eigenvalue weighted by Gasteiger charge is -2.40. The molecular formula is C17H21N5. The maximum atomic E-state index is 4.37. The summed E-state index contributed by atoms with van der Waals surface area (Å²) >= 11 is 0. The highest BCUT2D eigenvalue weighted by atomic mass is 15.3. The molecule has 2 aliphatic rings. The average molecular weight is 295 g/mol. The molecule has 5 nitrogen and oxygen atoms in total. The largest absolute Gasteiger partial charge is 0.354 e. The van der Waals surface area contributed by atoms with Crippen LogP contribution in [-0.4, -0.2) is 34.8 Å². The van der Waals surface area contributed by atoms with E-state index in [0.717, 1.165) is 32.0 Å². The molecule has 0 bridgehead atoms. The summed E-state index contributed by atoms with van der Waals surface area (Å²) in [5.41, 5.74) is 2.45. The lowest BCUT2D eigenvalue weighted by molar-refractivity contribution is 0.381. The van der Waals surface area contributed by atoms with E-state index in [1.807, 2.05) is 12.4 Å². The molecule has 0 aromatic carbocycles. The Hall–Kier alpha value is -2.01. The van der Waals surface area contributed by atoms with E-state index in [2.05, 4.69) is 49.7 Å². The molecule has 114 valence electrons. The fourth-order valence-electron chi connectivity index (χ4n) is 2.91. The van der Waals surface area contributed by atoms with Crippen molar-refractivity contribution < 1.29 is 0 Å². The third-order valence-electron chi connectivity index (χ3n) is 4.46. The highest BCUT2D eigenvalue weighted by Crippen LogP contribution is 2.38. The van der Waals surface area contributed by atoms with Crippen LogP contribution < -0.4 is 10.2 Å². The molecule has 1 aliphatic heterocycles. The number of rotatable bonds is 6. The molecule has 4 rings (SSSR count). The van der Waals surface area contributed by atoms with Gasteiger partial charge in [-0.1, -0.05) is 0 Å². The van der Waals surface area contributed by atoms with Gasteiger partial charge in [0.2, 0.25) is 0 Å². The second-order valence-electron chi connectivity index (χ2n) is 6.35. The summed E-state index contributed by atoms with van der Waals surface area (Å²) in [7, 11) is 0. The number of pyridine rings is 1. The normalized spacial score (nSPS) is 18.3. The van der Waals surface area contributed by atoms with Gasteiger partial charge in [-0.3, -0.25) is 4.98 Å². The van der Waals surface area contributed by atoms with E-state index in [1.165, 1.54) is 24.1 Å². The van der Waals surface area contributed by atoms with Crippen LogP contribution in [0, 0.1) is 5.92 Å². The molecule has 0 amide bonds. The Labute approximate surface area is 130 Å². The molecule has 2 aromatic heterocycles. The fourth-order valence-corrected chi connectivity index (χ4v) is 2.91. The van der Waals surface area contributed by atoms with Gasteiger partial charge in [0, 0.05) is 50.4 Å². The molecule has 22 heavy (non-hydrogen) atoms. The minimum atomic E-state index is 0.683. The second-order valence-corrected chi connectivity index (χ2v) is 6.35. The van der Waals surface area contributed by atoms with Gasteiger partial charge in [-0.25, -0.2) is 0 Å². The van der Waals surface area contributed by atoms with Crippen molar-refractivity contribution >= 4 is 5.82 Å². The van der Waals surface area contributed by atoms with Crippen LogP contribution in [0.15, 0.2) is 36.7 Å². The van der Waals surface area contributed by atoms with Gasteiger partial charge in [-0.05, 0) is 42.7 Å². The summed E-state index contributed by atoms with van der Waals surface area (Å²) in [4.78, 5) is 6.34. The first-order valence-electron chi connectivity index (χ1n) is 8.06. The lowest BCUT2D eigenvalue weighted by atomic mass is 10.00. The van der Waals surface area contributed by atoms with E-state index in [4.69, 9.17) is 0 Å². The van der Waals surface area contributed by atoms with E-state index >= 15 is 0 Å². The third-order valence-corrected chi connectivity index (χ3v) is 4.46. The monoisotopic (exact) mass is 295 g/mol. The molecule has 2 aromatic rings. The van der Waals surface area contributed by atoms with Crippen molar-refractivity contribution in [2.45, 2.75) is 25.3 Å². The van der Waals surface area contributed by atoms with E-state index in [9.17, 15) is 0 Å². The van der Waals surface area contributed by atoms with Crippen molar-refractivity contribution in [3.63, 3.8) is 0 Å².